The minimum absolute atomic E-state index is 0.0393. The van der Waals surface area contributed by atoms with Crippen molar-refractivity contribution in [2.24, 2.45) is 0 Å². The van der Waals surface area contributed by atoms with E-state index in [0.717, 1.165) is 43.8 Å². The highest BCUT2D eigenvalue weighted by Crippen LogP contribution is 2.29. The summed E-state index contributed by atoms with van der Waals surface area (Å²) in [6, 6.07) is 11.6. The number of halogens is 3. The minimum Gasteiger partial charge on any atom is -0.295 e. The van der Waals surface area contributed by atoms with Gasteiger partial charge in [-0.25, -0.2) is 13.1 Å². The molecular formula is C19H21F3N2O2S. The van der Waals surface area contributed by atoms with E-state index < -0.39 is 21.8 Å². The zero-order valence-corrected chi connectivity index (χ0v) is 15.6. The molecule has 1 unspecified atom stereocenters. The lowest BCUT2D eigenvalue weighted by molar-refractivity contribution is -0.137. The van der Waals surface area contributed by atoms with Crippen molar-refractivity contribution in [2.45, 2.75) is 37.0 Å². The van der Waals surface area contributed by atoms with Crippen molar-refractivity contribution in [2.75, 3.05) is 13.1 Å². The van der Waals surface area contributed by atoms with Crippen LogP contribution in [0.1, 0.15) is 23.6 Å². The molecule has 0 spiro atoms. The average molecular weight is 398 g/mol. The third kappa shape index (κ3) is 4.69. The molecule has 1 aliphatic heterocycles. The summed E-state index contributed by atoms with van der Waals surface area (Å²) >= 11 is 0. The molecular weight excluding hydrogens is 377 g/mol. The fourth-order valence-corrected chi connectivity index (χ4v) is 4.28. The normalized spacial score (nSPS) is 16.7. The van der Waals surface area contributed by atoms with Gasteiger partial charge >= 0.3 is 6.18 Å². The van der Waals surface area contributed by atoms with Crippen LogP contribution in [0.15, 0.2) is 53.4 Å². The largest absolute Gasteiger partial charge is 0.416 e. The standard InChI is InChI=1S/C19H21F3N2O2S/c1-14(24-11-10-15-4-2-3-5-16(15)13-24)12-23-27(25,26)18-8-6-17(7-9-18)19(20,21)22/h2-9,14,23H,10-13H2,1H3. The summed E-state index contributed by atoms with van der Waals surface area (Å²) in [7, 11) is -3.86. The van der Waals surface area contributed by atoms with Crippen LogP contribution in [0.4, 0.5) is 13.2 Å². The zero-order valence-electron chi connectivity index (χ0n) is 14.8. The molecule has 3 rings (SSSR count). The predicted octanol–water partition coefficient (Wildman–Crippen LogP) is 3.43. The van der Waals surface area contributed by atoms with Gasteiger partial charge in [0.2, 0.25) is 10.0 Å². The van der Waals surface area contributed by atoms with E-state index in [1.165, 1.54) is 11.1 Å². The molecule has 1 atom stereocenters. The molecule has 0 amide bonds. The number of hydrogen-bond acceptors (Lipinski definition) is 3. The number of alkyl halides is 3. The molecule has 27 heavy (non-hydrogen) atoms. The first-order valence-electron chi connectivity index (χ1n) is 8.64. The molecule has 2 aromatic rings. The van der Waals surface area contributed by atoms with Gasteiger partial charge in [-0.2, -0.15) is 13.2 Å². The van der Waals surface area contributed by atoms with Crippen LogP contribution in [0, 0.1) is 0 Å². The van der Waals surface area contributed by atoms with Crippen molar-refractivity contribution in [1.82, 2.24) is 9.62 Å². The first-order valence-corrected chi connectivity index (χ1v) is 10.1. The summed E-state index contributed by atoms with van der Waals surface area (Å²) in [5.41, 5.74) is 1.68. The molecule has 0 aromatic heterocycles. The van der Waals surface area contributed by atoms with Gasteiger partial charge in [0.1, 0.15) is 0 Å². The molecule has 2 aromatic carbocycles. The first-order chi connectivity index (χ1) is 12.7. The van der Waals surface area contributed by atoms with Crippen LogP contribution in [0.25, 0.3) is 0 Å². The van der Waals surface area contributed by atoms with Gasteiger partial charge < -0.3 is 0 Å². The van der Waals surface area contributed by atoms with E-state index in [9.17, 15) is 21.6 Å². The van der Waals surface area contributed by atoms with Crippen molar-refractivity contribution in [3.63, 3.8) is 0 Å². The molecule has 8 heteroatoms. The fraction of sp³-hybridized carbons (Fsp3) is 0.368. The lowest BCUT2D eigenvalue weighted by atomic mass is 9.99. The highest BCUT2D eigenvalue weighted by molar-refractivity contribution is 7.89. The Hall–Kier alpha value is -1.90. The lowest BCUT2D eigenvalue weighted by Gasteiger charge is -2.33. The maximum atomic E-state index is 12.6. The Kier molecular flexibility index (Phi) is 5.60. The van der Waals surface area contributed by atoms with Gasteiger partial charge in [0.05, 0.1) is 10.5 Å². The maximum Gasteiger partial charge on any atom is 0.416 e. The molecule has 1 aliphatic rings. The van der Waals surface area contributed by atoms with Gasteiger partial charge in [0, 0.05) is 25.7 Å². The van der Waals surface area contributed by atoms with Crippen LogP contribution in [-0.2, 0) is 29.2 Å². The lowest BCUT2D eigenvalue weighted by Crippen LogP contribution is -2.44. The van der Waals surface area contributed by atoms with Crippen molar-refractivity contribution < 1.29 is 21.6 Å². The van der Waals surface area contributed by atoms with E-state index in [0.29, 0.717) is 0 Å². The van der Waals surface area contributed by atoms with Crippen LogP contribution < -0.4 is 4.72 Å². The summed E-state index contributed by atoms with van der Waals surface area (Å²) in [4.78, 5) is 2.02. The van der Waals surface area contributed by atoms with Gasteiger partial charge in [0.15, 0.2) is 0 Å². The second-order valence-corrected chi connectivity index (χ2v) is 8.48. The molecule has 1 heterocycles. The molecule has 0 radical (unpaired) electrons. The van der Waals surface area contributed by atoms with E-state index in [2.05, 4.69) is 21.8 Å². The van der Waals surface area contributed by atoms with Gasteiger partial charge in [0.25, 0.3) is 0 Å². The smallest absolute Gasteiger partial charge is 0.295 e. The molecule has 0 fully saturated rings. The Morgan fingerprint density at radius 1 is 1.07 bits per heavy atom. The highest BCUT2D eigenvalue weighted by atomic mass is 32.2. The van der Waals surface area contributed by atoms with Gasteiger partial charge in [-0.05, 0) is 48.7 Å². The van der Waals surface area contributed by atoms with Gasteiger partial charge in [-0.1, -0.05) is 24.3 Å². The van der Waals surface area contributed by atoms with Crippen molar-refractivity contribution in [3.8, 4) is 0 Å². The molecule has 4 nitrogen and oxygen atoms in total. The van der Waals surface area contributed by atoms with E-state index in [1.54, 1.807) is 0 Å². The van der Waals surface area contributed by atoms with Crippen LogP contribution in [0.2, 0.25) is 0 Å². The fourth-order valence-electron chi connectivity index (χ4n) is 3.16. The third-order valence-electron chi connectivity index (χ3n) is 4.84. The van der Waals surface area contributed by atoms with Crippen LogP contribution >= 0.6 is 0 Å². The van der Waals surface area contributed by atoms with Crippen molar-refractivity contribution in [3.05, 3.63) is 65.2 Å². The number of fused-ring (bicyclic) bond motifs is 1. The number of nitrogens with zero attached hydrogens (tertiary/aromatic N) is 1. The molecule has 0 aliphatic carbocycles. The number of sulfonamides is 1. The summed E-state index contributed by atoms with van der Waals surface area (Å²) in [5, 5.41) is 0. The molecule has 146 valence electrons. The molecule has 0 bridgehead atoms. The van der Waals surface area contributed by atoms with Crippen molar-refractivity contribution in [1.29, 1.82) is 0 Å². The molecule has 0 saturated carbocycles. The Bertz CT molecular complexity index is 896. The highest BCUT2D eigenvalue weighted by Gasteiger charge is 2.30. The van der Waals surface area contributed by atoms with E-state index in [1.807, 2.05) is 19.1 Å². The summed E-state index contributed by atoms with van der Waals surface area (Å²) < 4.78 is 65.1. The van der Waals surface area contributed by atoms with Crippen LogP contribution in [-0.4, -0.2) is 32.4 Å². The quantitative estimate of drug-likeness (QED) is 0.840. The Morgan fingerprint density at radius 2 is 1.70 bits per heavy atom. The second kappa shape index (κ2) is 7.61. The molecule has 0 saturated heterocycles. The predicted molar refractivity (Wildman–Crippen MR) is 96.7 cm³/mol. The van der Waals surface area contributed by atoms with Crippen LogP contribution in [0.5, 0.6) is 0 Å². The van der Waals surface area contributed by atoms with E-state index >= 15 is 0 Å². The Labute approximate surface area is 157 Å². The topological polar surface area (TPSA) is 49.4 Å². The van der Waals surface area contributed by atoms with Crippen LogP contribution in [0.3, 0.4) is 0 Å². The average Bonchev–Trinajstić information content (AvgIpc) is 2.65. The first kappa shape index (κ1) is 19.9. The Balaban J connectivity index is 1.62. The maximum absolute atomic E-state index is 12.6. The summed E-state index contributed by atoms with van der Waals surface area (Å²) in [5.74, 6) is 0. The zero-order chi connectivity index (χ0) is 19.7. The minimum atomic E-state index is -4.49. The number of hydrogen-bond donors (Lipinski definition) is 1. The second-order valence-electron chi connectivity index (χ2n) is 6.71. The van der Waals surface area contributed by atoms with Gasteiger partial charge in [-0.3, -0.25) is 4.90 Å². The van der Waals surface area contributed by atoms with Crippen molar-refractivity contribution >= 4 is 10.0 Å². The van der Waals surface area contributed by atoms with Gasteiger partial charge in [-0.15, -0.1) is 0 Å². The third-order valence-corrected chi connectivity index (χ3v) is 6.28. The SMILES string of the molecule is CC(CNS(=O)(=O)c1ccc(C(F)(F)F)cc1)N1CCc2ccccc2C1. The Morgan fingerprint density at radius 3 is 2.33 bits per heavy atom. The van der Waals surface area contributed by atoms with E-state index in [4.69, 9.17) is 0 Å². The number of rotatable bonds is 5. The summed E-state index contributed by atoms with van der Waals surface area (Å²) in [6.07, 6.45) is -3.58. The molecule has 1 N–H and O–H groups in total. The number of nitrogens with one attached hydrogen (secondary N) is 1. The monoisotopic (exact) mass is 398 g/mol. The number of benzene rings is 2. The summed E-state index contributed by atoms with van der Waals surface area (Å²) in [6.45, 7) is 3.70. The van der Waals surface area contributed by atoms with E-state index in [-0.39, 0.29) is 17.5 Å².